The second-order valence-corrected chi connectivity index (χ2v) is 4.55. The van der Waals surface area contributed by atoms with E-state index in [2.05, 4.69) is 38.1 Å². The van der Waals surface area contributed by atoms with Crippen LogP contribution in [0.5, 0.6) is 0 Å². The van der Waals surface area contributed by atoms with Crippen molar-refractivity contribution in [3.8, 4) is 5.69 Å². The maximum Gasteiger partial charge on any atom is 0.156 e. The highest BCUT2D eigenvalue weighted by molar-refractivity contribution is 14.1. The van der Waals surface area contributed by atoms with E-state index in [0.717, 1.165) is 21.5 Å². The third kappa shape index (κ3) is 2.12. The first-order valence-electron chi connectivity index (χ1n) is 4.45. The van der Waals surface area contributed by atoms with Gasteiger partial charge in [0, 0.05) is 15.0 Å². The number of rotatable bonds is 2. The molecule has 2 aromatic rings. The lowest BCUT2D eigenvalue weighted by atomic mass is 10.3. The molecule has 0 unspecified atom stereocenters. The van der Waals surface area contributed by atoms with Gasteiger partial charge in [0.05, 0.1) is 5.69 Å². The van der Waals surface area contributed by atoms with Crippen LogP contribution >= 0.6 is 34.2 Å². The van der Waals surface area contributed by atoms with E-state index in [-0.39, 0.29) is 0 Å². The molecule has 0 amide bonds. The molecular formula is C9H8ClIN4. The summed E-state index contributed by atoms with van der Waals surface area (Å²) in [5.74, 6) is 0.843. The Morgan fingerprint density at radius 2 is 2.27 bits per heavy atom. The van der Waals surface area contributed by atoms with Crippen molar-refractivity contribution in [1.29, 1.82) is 0 Å². The fraction of sp³-hybridized carbons (Fsp3) is 0.222. The smallest absolute Gasteiger partial charge is 0.156 e. The van der Waals surface area contributed by atoms with E-state index in [9.17, 15) is 0 Å². The summed E-state index contributed by atoms with van der Waals surface area (Å²) in [5.41, 5.74) is 0.960. The van der Waals surface area contributed by atoms with Crippen molar-refractivity contribution in [3.05, 3.63) is 32.6 Å². The van der Waals surface area contributed by atoms with Crippen LogP contribution in [-0.2, 0) is 6.42 Å². The fourth-order valence-corrected chi connectivity index (χ4v) is 2.37. The lowest BCUT2D eigenvalue weighted by molar-refractivity contribution is 0.763. The molecule has 1 aromatic carbocycles. The van der Waals surface area contributed by atoms with Crippen LogP contribution in [0.25, 0.3) is 5.69 Å². The molecule has 78 valence electrons. The average molecular weight is 335 g/mol. The van der Waals surface area contributed by atoms with E-state index < -0.39 is 0 Å². The zero-order valence-corrected chi connectivity index (χ0v) is 10.9. The molecule has 0 saturated carbocycles. The Morgan fingerprint density at radius 3 is 2.93 bits per heavy atom. The average Bonchev–Trinajstić information content (AvgIpc) is 2.65. The Kier molecular flexibility index (Phi) is 3.20. The number of aromatic nitrogens is 4. The third-order valence-corrected chi connectivity index (χ3v) is 3.09. The van der Waals surface area contributed by atoms with Crippen molar-refractivity contribution in [2.75, 3.05) is 0 Å². The Balaban J connectivity index is 2.54. The van der Waals surface area contributed by atoms with E-state index >= 15 is 0 Å². The van der Waals surface area contributed by atoms with Crippen molar-refractivity contribution < 1.29 is 0 Å². The highest BCUT2D eigenvalue weighted by Crippen LogP contribution is 2.21. The summed E-state index contributed by atoms with van der Waals surface area (Å²) in [7, 11) is 0. The van der Waals surface area contributed by atoms with Crippen LogP contribution in [0.2, 0.25) is 5.02 Å². The van der Waals surface area contributed by atoms with Crippen LogP contribution in [-0.4, -0.2) is 20.2 Å². The van der Waals surface area contributed by atoms with E-state index in [1.165, 1.54) is 0 Å². The maximum atomic E-state index is 5.89. The zero-order chi connectivity index (χ0) is 10.8. The molecule has 0 spiro atoms. The minimum atomic E-state index is 0.717. The van der Waals surface area contributed by atoms with E-state index in [4.69, 9.17) is 11.6 Å². The molecule has 0 atom stereocenters. The number of nitrogens with zero attached hydrogens (tertiary/aromatic N) is 4. The van der Waals surface area contributed by atoms with Crippen LogP contribution < -0.4 is 0 Å². The quantitative estimate of drug-likeness (QED) is 0.793. The normalized spacial score (nSPS) is 10.6. The van der Waals surface area contributed by atoms with Gasteiger partial charge in [-0.25, -0.2) is 0 Å². The molecule has 0 saturated heterocycles. The summed E-state index contributed by atoms with van der Waals surface area (Å²) in [6, 6.07) is 5.64. The second-order valence-electron chi connectivity index (χ2n) is 2.96. The predicted molar refractivity (Wildman–Crippen MR) is 66.3 cm³/mol. The molecule has 6 heteroatoms. The highest BCUT2D eigenvalue weighted by atomic mass is 127. The molecule has 1 heterocycles. The summed E-state index contributed by atoms with van der Waals surface area (Å²) < 4.78 is 2.76. The van der Waals surface area contributed by atoms with E-state index in [0.29, 0.717) is 5.02 Å². The van der Waals surface area contributed by atoms with Crippen molar-refractivity contribution in [2.24, 2.45) is 0 Å². The van der Waals surface area contributed by atoms with Crippen LogP contribution in [0.4, 0.5) is 0 Å². The molecule has 0 bridgehead atoms. The number of hydrogen-bond acceptors (Lipinski definition) is 3. The van der Waals surface area contributed by atoms with Crippen LogP contribution in [0.3, 0.4) is 0 Å². The first-order chi connectivity index (χ1) is 7.22. The van der Waals surface area contributed by atoms with Gasteiger partial charge in [0.15, 0.2) is 5.82 Å². The van der Waals surface area contributed by atoms with Crippen molar-refractivity contribution in [1.82, 2.24) is 20.2 Å². The summed E-state index contributed by atoms with van der Waals surface area (Å²) in [6.45, 7) is 2.02. The molecule has 2 rings (SSSR count). The Hall–Kier alpha value is -0.690. The van der Waals surface area contributed by atoms with Crippen LogP contribution in [0.15, 0.2) is 18.2 Å². The molecule has 1 aromatic heterocycles. The molecule has 0 aliphatic carbocycles. The Morgan fingerprint density at radius 1 is 1.47 bits per heavy atom. The summed E-state index contributed by atoms with van der Waals surface area (Å²) in [6.07, 6.45) is 0.797. The molecule has 4 nitrogen and oxygen atoms in total. The van der Waals surface area contributed by atoms with Gasteiger partial charge >= 0.3 is 0 Å². The topological polar surface area (TPSA) is 43.6 Å². The first-order valence-corrected chi connectivity index (χ1v) is 5.90. The Labute approximate surface area is 106 Å². The first kappa shape index (κ1) is 10.8. The number of hydrogen-bond donors (Lipinski definition) is 0. The molecule has 0 aliphatic rings. The predicted octanol–water partition coefficient (Wildman–Crippen LogP) is 2.48. The van der Waals surface area contributed by atoms with Gasteiger partial charge in [-0.2, -0.15) is 4.68 Å². The molecular weight excluding hydrogens is 326 g/mol. The summed E-state index contributed by atoms with van der Waals surface area (Å²) >= 11 is 8.11. The molecule has 0 radical (unpaired) electrons. The van der Waals surface area contributed by atoms with Gasteiger partial charge in [-0.3, -0.25) is 0 Å². The molecule has 15 heavy (non-hydrogen) atoms. The molecule has 0 aliphatic heterocycles. The zero-order valence-electron chi connectivity index (χ0n) is 7.98. The lowest BCUT2D eigenvalue weighted by Gasteiger charge is -2.05. The third-order valence-electron chi connectivity index (χ3n) is 1.99. The minimum Gasteiger partial charge on any atom is -0.196 e. The number of halogens is 2. The van der Waals surface area contributed by atoms with E-state index in [1.807, 2.05) is 25.1 Å². The van der Waals surface area contributed by atoms with Crippen LogP contribution in [0, 0.1) is 3.57 Å². The minimum absolute atomic E-state index is 0.717. The molecule has 0 fully saturated rings. The van der Waals surface area contributed by atoms with Crippen molar-refractivity contribution in [3.63, 3.8) is 0 Å². The lowest BCUT2D eigenvalue weighted by Crippen LogP contribution is -2.03. The van der Waals surface area contributed by atoms with Gasteiger partial charge in [0.25, 0.3) is 0 Å². The van der Waals surface area contributed by atoms with Gasteiger partial charge in [0.1, 0.15) is 0 Å². The largest absolute Gasteiger partial charge is 0.196 e. The standard InChI is InChI=1S/C9H8ClIN4/c1-2-9-12-13-14-15(9)8-4-3-6(10)5-7(8)11/h3-5H,2H2,1H3. The van der Waals surface area contributed by atoms with Gasteiger partial charge in [-0.1, -0.05) is 18.5 Å². The summed E-state index contributed by atoms with van der Waals surface area (Å²) in [5, 5.41) is 12.3. The number of aryl methyl sites for hydroxylation is 1. The maximum absolute atomic E-state index is 5.89. The Bertz CT molecular complexity index is 483. The SMILES string of the molecule is CCc1nnnn1-c1ccc(Cl)cc1I. The fourth-order valence-electron chi connectivity index (χ4n) is 1.27. The van der Waals surface area contributed by atoms with Crippen LogP contribution in [0.1, 0.15) is 12.7 Å². The van der Waals surface area contributed by atoms with E-state index in [1.54, 1.807) is 4.68 Å². The summed E-state index contributed by atoms with van der Waals surface area (Å²) in [4.78, 5) is 0. The monoisotopic (exact) mass is 334 g/mol. The van der Waals surface area contributed by atoms with Gasteiger partial charge in [0.2, 0.25) is 0 Å². The number of tetrazole rings is 1. The number of benzene rings is 1. The van der Waals surface area contributed by atoms with Gasteiger partial charge in [-0.15, -0.1) is 5.10 Å². The molecule has 0 N–H and O–H groups in total. The second kappa shape index (κ2) is 4.44. The van der Waals surface area contributed by atoms with Crippen molar-refractivity contribution >= 4 is 34.2 Å². The van der Waals surface area contributed by atoms with Gasteiger partial charge in [-0.05, 0) is 51.2 Å². The highest BCUT2D eigenvalue weighted by Gasteiger charge is 2.09. The van der Waals surface area contributed by atoms with Crippen molar-refractivity contribution in [2.45, 2.75) is 13.3 Å². The van der Waals surface area contributed by atoms with Gasteiger partial charge < -0.3 is 0 Å².